The van der Waals surface area contributed by atoms with Crippen LogP contribution < -0.4 is 15.4 Å². The molecule has 0 spiro atoms. The van der Waals surface area contributed by atoms with Crippen molar-refractivity contribution in [2.24, 2.45) is 5.92 Å². The van der Waals surface area contributed by atoms with Gasteiger partial charge < -0.3 is 15.4 Å². The SMILES string of the molecule is COc1ncccc1Cn1cc(NC(=O)C(NC(=O)c2ccnn2C2CC2)C2CCC(F)(F)CC2)cn1. The zero-order chi connectivity index (χ0) is 26.0. The lowest BCUT2D eigenvalue weighted by molar-refractivity contribution is -0.121. The normalized spacial score (nSPS) is 18.2. The highest BCUT2D eigenvalue weighted by Crippen LogP contribution is 2.38. The average molecular weight is 514 g/mol. The summed E-state index contributed by atoms with van der Waals surface area (Å²) in [4.78, 5) is 30.7. The van der Waals surface area contributed by atoms with Gasteiger partial charge in [-0.15, -0.1) is 0 Å². The first kappa shape index (κ1) is 24.8. The summed E-state index contributed by atoms with van der Waals surface area (Å²) in [5, 5.41) is 14.1. The number of nitrogens with zero attached hydrogens (tertiary/aromatic N) is 5. The summed E-state index contributed by atoms with van der Waals surface area (Å²) in [6.45, 7) is 0.371. The minimum Gasteiger partial charge on any atom is -0.481 e. The predicted molar refractivity (Wildman–Crippen MR) is 129 cm³/mol. The average Bonchev–Trinajstić information content (AvgIpc) is 3.44. The van der Waals surface area contributed by atoms with Gasteiger partial charge in [0, 0.05) is 37.0 Å². The van der Waals surface area contributed by atoms with Crippen LogP contribution in [0.3, 0.4) is 0 Å². The number of halogens is 2. The molecule has 3 aromatic heterocycles. The highest BCUT2D eigenvalue weighted by atomic mass is 19.3. The Balaban J connectivity index is 1.30. The fourth-order valence-corrected chi connectivity index (χ4v) is 4.75. The molecule has 0 radical (unpaired) electrons. The van der Waals surface area contributed by atoms with Gasteiger partial charge in [0.25, 0.3) is 5.91 Å². The number of hydrogen-bond acceptors (Lipinski definition) is 6. The van der Waals surface area contributed by atoms with E-state index in [4.69, 9.17) is 4.74 Å². The van der Waals surface area contributed by atoms with Crippen molar-refractivity contribution >= 4 is 17.5 Å². The van der Waals surface area contributed by atoms with Crippen LogP contribution in [0.2, 0.25) is 0 Å². The third kappa shape index (κ3) is 5.78. The summed E-state index contributed by atoms with van der Waals surface area (Å²) in [6.07, 6.45) is 7.85. The summed E-state index contributed by atoms with van der Waals surface area (Å²) in [7, 11) is 1.54. The first-order valence-corrected chi connectivity index (χ1v) is 12.4. The number of nitrogens with one attached hydrogen (secondary N) is 2. The Bertz CT molecular complexity index is 1260. The van der Waals surface area contributed by atoms with E-state index in [0.29, 0.717) is 23.8 Å². The minimum absolute atomic E-state index is 0.132. The molecule has 2 fully saturated rings. The van der Waals surface area contributed by atoms with Gasteiger partial charge in [0.1, 0.15) is 11.7 Å². The molecule has 1 atom stereocenters. The molecule has 12 heteroatoms. The second-order valence-corrected chi connectivity index (χ2v) is 9.62. The molecule has 1 unspecified atom stereocenters. The van der Waals surface area contributed by atoms with Gasteiger partial charge in [0.2, 0.25) is 17.7 Å². The fourth-order valence-electron chi connectivity index (χ4n) is 4.75. The van der Waals surface area contributed by atoms with Crippen LogP contribution in [-0.2, 0) is 11.3 Å². The molecule has 0 bridgehead atoms. The molecule has 0 aromatic carbocycles. The van der Waals surface area contributed by atoms with Crippen LogP contribution in [0.1, 0.15) is 60.6 Å². The van der Waals surface area contributed by atoms with Crippen LogP contribution in [0.4, 0.5) is 14.5 Å². The van der Waals surface area contributed by atoms with Gasteiger partial charge in [-0.2, -0.15) is 10.2 Å². The Hall–Kier alpha value is -3.83. The van der Waals surface area contributed by atoms with E-state index in [2.05, 4.69) is 25.8 Å². The van der Waals surface area contributed by atoms with E-state index < -0.39 is 29.7 Å². The number of hydrogen-bond donors (Lipinski definition) is 2. The minimum atomic E-state index is -2.75. The van der Waals surface area contributed by atoms with Crippen LogP contribution in [0.25, 0.3) is 0 Å². The molecule has 2 saturated carbocycles. The van der Waals surface area contributed by atoms with Crippen molar-refractivity contribution in [1.29, 1.82) is 0 Å². The van der Waals surface area contributed by atoms with E-state index in [1.54, 1.807) is 40.1 Å². The molecule has 0 saturated heterocycles. The van der Waals surface area contributed by atoms with E-state index >= 15 is 0 Å². The van der Waals surface area contributed by atoms with Crippen LogP contribution in [-0.4, -0.2) is 55.4 Å². The fraction of sp³-hybridized carbons (Fsp3) is 0.480. The van der Waals surface area contributed by atoms with Crippen molar-refractivity contribution in [1.82, 2.24) is 29.9 Å². The standard InChI is InChI=1S/C25H29F2N7O3/c1-37-24-17(3-2-11-28-24)14-33-15-18(13-30-33)31-23(36)21(16-6-9-25(26,27)10-7-16)32-22(35)20-8-12-29-34(20)19-4-5-19/h2-3,8,11-13,15-16,19,21H,4-7,9-10,14H2,1H3,(H,31,36)(H,32,35). The number of carbonyl (C=O) groups is 2. The molecule has 37 heavy (non-hydrogen) atoms. The molecule has 5 rings (SSSR count). The second-order valence-electron chi connectivity index (χ2n) is 9.62. The summed E-state index contributed by atoms with van der Waals surface area (Å²) in [6, 6.07) is 4.46. The summed E-state index contributed by atoms with van der Waals surface area (Å²) >= 11 is 0. The third-order valence-corrected chi connectivity index (χ3v) is 6.87. The maximum Gasteiger partial charge on any atom is 0.270 e. The van der Waals surface area contributed by atoms with Crippen molar-refractivity contribution in [2.75, 3.05) is 12.4 Å². The Labute approximate surface area is 212 Å². The molecule has 2 amide bonds. The lowest BCUT2D eigenvalue weighted by Crippen LogP contribution is -2.50. The number of ether oxygens (including phenoxy) is 1. The van der Waals surface area contributed by atoms with Crippen molar-refractivity contribution in [3.63, 3.8) is 0 Å². The van der Waals surface area contributed by atoms with E-state index in [-0.39, 0.29) is 31.7 Å². The van der Waals surface area contributed by atoms with Crippen LogP contribution in [0, 0.1) is 5.92 Å². The predicted octanol–water partition coefficient (Wildman–Crippen LogP) is 3.43. The maximum atomic E-state index is 13.8. The number of rotatable bonds is 9. The summed E-state index contributed by atoms with van der Waals surface area (Å²) in [5.41, 5.74) is 1.60. The molecule has 3 heterocycles. The molecular weight excluding hydrogens is 484 g/mol. The molecular formula is C25H29F2N7O3. The zero-order valence-electron chi connectivity index (χ0n) is 20.4. The lowest BCUT2D eigenvalue weighted by Gasteiger charge is -2.33. The third-order valence-electron chi connectivity index (χ3n) is 6.87. The maximum absolute atomic E-state index is 13.8. The van der Waals surface area contributed by atoms with Gasteiger partial charge in [-0.05, 0) is 43.7 Å². The molecule has 3 aromatic rings. The smallest absolute Gasteiger partial charge is 0.270 e. The highest BCUT2D eigenvalue weighted by Gasteiger charge is 2.41. The van der Waals surface area contributed by atoms with Gasteiger partial charge in [-0.1, -0.05) is 6.07 Å². The van der Waals surface area contributed by atoms with Gasteiger partial charge in [0.15, 0.2) is 0 Å². The van der Waals surface area contributed by atoms with Crippen molar-refractivity contribution < 1.29 is 23.1 Å². The first-order chi connectivity index (χ1) is 17.8. The van der Waals surface area contributed by atoms with Gasteiger partial charge in [0.05, 0.1) is 31.6 Å². The van der Waals surface area contributed by atoms with Gasteiger partial charge >= 0.3 is 0 Å². The Kier molecular flexibility index (Phi) is 6.90. The van der Waals surface area contributed by atoms with Crippen molar-refractivity contribution in [3.8, 4) is 5.88 Å². The number of amides is 2. The van der Waals surface area contributed by atoms with E-state index in [0.717, 1.165) is 18.4 Å². The summed E-state index contributed by atoms with van der Waals surface area (Å²) in [5.74, 6) is -3.61. The second kappa shape index (κ2) is 10.3. The number of pyridine rings is 1. The number of methoxy groups -OCH3 is 1. The van der Waals surface area contributed by atoms with Crippen molar-refractivity contribution in [2.45, 2.75) is 63.1 Å². The Morgan fingerprint density at radius 3 is 2.68 bits per heavy atom. The zero-order valence-corrected chi connectivity index (χ0v) is 20.4. The number of aromatic nitrogens is 5. The number of alkyl halides is 2. The van der Waals surface area contributed by atoms with E-state index in [1.807, 2.05) is 6.07 Å². The first-order valence-electron chi connectivity index (χ1n) is 12.4. The molecule has 0 aliphatic heterocycles. The lowest BCUT2D eigenvalue weighted by atomic mass is 9.81. The van der Waals surface area contributed by atoms with E-state index in [9.17, 15) is 18.4 Å². The largest absolute Gasteiger partial charge is 0.481 e. The summed E-state index contributed by atoms with van der Waals surface area (Å²) < 4.78 is 36.2. The monoisotopic (exact) mass is 513 g/mol. The Morgan fingerprint density at radius 2 is 1.95 bits per heavy atom. The highest BCUT2D eigenvalue weighted by molar-refractivity contribution is 6.00. The molecule has 10 nitrogen and oxygen atoms in total. The molecule has 2 aliphatic carbocycles. The van der Waals surface area contributed by atoms with Crippen LogP contribution in [0.15, 0.2) is 43.0 Å². The Morgan fingerprint density at radius 1 is 1.16 bits per heavy atom. The molecule has 196 valence electrons. The van der Waals surface area contributed by atoms with Crippen LogP contribution in [0.5, 0.6) is 5.88 Å². The van der Waals surface area contributed by atoms with Gasteiger partial charge in [-0.3, -0.25) is 19.0 Å². The quantitative estimate of drug-likeness (QED) is 0.453. The molecule has 2 aliphatic rings. The topological polar surface area (TPSA) is 116 Å². The van der Waals surface area contributed by atoms with E-state index in [1.165, 1.54) is 13.3 Å². The van der Waals surface area contributed by atoms with Crippen molar-refractivity contribution in [3.05, 3.63) is 54.2 Å². The number of carbonyl (C=O) groups excluding carboxylic acids is 2. The van der Waals surface area contributed by atoms with Gasteiger partial charge in [-0.25, -0.2) is 13.8 Å². The van der Waals surface area contributed by atoms with Crippen LogP contribution >= 0.6 is 0 Å². The molecule has 2 N–H and O–H groups in total. The number of anilines is 1.